The van der Waals surface area contributed by atoms with Gasteiger partial charge in [-0.1, -0.05) is 13.8 Å². The Hall–Kier alpha value is 0.270. The molecule has 1 N–H and O–H groups in total. The van der Waals surface area contributed by atoms with Crippen molar-refractivity contribution in [1.29, 1.82) is 0 Å². The van der Waals surface area contributed by atoms with Crippen molar-refractivity contribution >= 4 is 11.8 Å². The maximum Gasteiger partial charge on any atom is 0.00915 e. The Labute approximate surface area is 117 Å². The number of likely N-dealkylation sites (tertiary alicyclic amines) is 1. The van der Waals surface area contributed by atoms with E-state index in [0.717, 1.165) is 17.9 Å². The molecule has 2 rings (SSSR count). The van der Waals surface area contributed by atoms with E-state index in [9.17, 15) is 0 Å². The number of hydrogen-bond donors (Lipinski definition) is 1. The van der Waals surface area contributed by atoms with E-state index in [1.807, 2.05) is 0 Å². The molecular formula is C15H30N2S. The van der Waals surface area contributed by atoms with Crippen LogP contribution in [0.3, 0.4) is 0 Å². The monoisotopic (exact) mass is 270 g/mol. The van der Waals surface area contributed by atoms with Gasteiger partial charge in [0.05, 0.1) is 0 Å². The molecule has 0 aromatic rings. The molecule has 2 heterocycles. The predicted octanol–water partition coefficient (Wildman–Crippen LogP) is 2.84. The first-order valence-corrected chi connectivity index (χ1v) is 8.93. The first-order chi connectivity index (χ1) is 8.74. The zero-order chi connectivity index (χ0) is 12.8. The van der Waals surface area contributed by atoms with Gasteiger partial charge in [0.2, 0.25) is 0 Å². The molecule has 2 saturated heterocycles. The summed E-state index contributed by atoms with van der Waals surface area (Å²) in [6.45, 7) is 9.81. The second-order valence-electron chi connectivity index (χ2n) is 6.43. The fraction of sp³-hybridized carbons (Fsp3) is 1.00. The lowest BCUT2D eigenvalue weighted by Gasteiger charge is -2.34. The van der Waals surface area contributed by atoms with Gasteiger partial charge in [0.25, 0.3) is 0 Å². The third kappa shape index (κ3) is 5.10. The molecule has 3 heteroatoms. The minimum atomic E-state index is 0.794. The quantitative estimate of drug-likeness (QED) is 0.827. The zero-order valence-corrected chi connectivity index (χ0v) is 13.0. The van der Waals surface area contributed by atoms with Crippen LogP contribution in [-0.2, 0) is 0 Å². The van der Waals surface area contributed by atoms with Crippen LogP contribution >= 0.6 is 11.8 Å². The van der Waals surface area contributed by atoms with Crippen molar-refractivity contribution in [3.05, 3.63) is 0 Å². The molecule has 18 heavy (non-hydrogen) atoms. The number of rotatable bonds is 5. The van der Waals surface area contributed by atoms with Gasteiger partial charge in [-0.25, -0.2) is 0 Å². The van der Waals surface area contributed by atoms with E-state index in [1.165, 1.54) is 63.4 Å². The van der Waals surface area contributed by atoms with Gasteiger partial charge in [-0.15, -0.1) is 0 Å². The second kappa shape index (κ2) is 7.76. The van der Waals surface area contributed by atoms with Gasteiger partial charge in [0, 0.05) is 12.6 Å². The summed E-state index contributed by atoms with van der Waals surface area (Å²) < 4.78 is 0. The molecule has 0 spiro atoms. The third-order valence-electron chi connectivity index (χ3n) is 4.25. The molecule has 0 amide bonds. The van der Waals surface area contributed by atoms with Crippen LogP contribution in [0, 0.1) is 11.8 Å². The highest BCUT2D eigenvalue weighted by molar-refractivity contribution is 7.99. The van der Waals surface area contributed by atoms with Crippen LogP contribution in [0.5, 0.6) is 0 Å². The van der Waals surface area contributed by atoms with E-state index in [0.29, 0.717) is 0 Å². The molecule has 0 bridgehead atoms. The van der Waals surface area contributed by atoms with Gasteiger partial charge in [0.15, 0.2) is 0 Å². The van der Waals surface area contributed by atoms with E-state index in [-0.39, 0.29) is 0 Å². The fourth-order valence-corrected chi connectivity index (χ4v) is 4.32. The van der Waals surface area contributed by atoms with Crippen molar-refractivity contribution in [2.75, 3.05) is 37.7 Å². The van der Waals surface area contributed by atoms with Gasteiger partial charge in [-0.2, -0.15) is 11.8 Å². The first-order valence-electron chi connectivity index (χ1n) is 7.77. The van der Waals surface area contributed by atoms with Crippen LogP contribution in [0.4, 0.5) is 0 Å². The summed E-state index contributed by atoms with van der Waals surface area (Å²) >= 11 is 2.13. The Morgan fingerprint density at radius 2 is 1.78 bits per heavy atom. The van der Waals surface area contributed by atoms with E-state index in [4.69, 9.17) is 0 Å². The lowest BCUT2D eigenvalue weighted by molar-refractivity contribution is 0.177. The molecule has 2 fully saturated rings. The zero-order valence-electron chi connectivity index (χ0n) is 12.2. The normalized spacial score (nSPS) is 24.8. The summed E-state index contributed by atoms with van der Waals surface area (Å²) in [5, 5.41) is 3.83. The Morgan fingerprint density at radius 1 is 1.11 bits per heavy atom. The predicted molar refractivity (Wildman–Crippen MR) is 82.4 cm³/mol. The maximum atomic E-state index is 3.83. The molecule has 2 aliphatic heterocycles. The van der Waals surface area contributed by atoms with Gasteiger partial charge in [-0.05, 0) is 68.7 Å². The molecule has 0 atom stereocenters. The van der Waals surface area contributed by atoms with Crippen LogP contribution in [0.25, 0.3) is 0 Å². The van der Waals surface area contributed by atoms with Crippen LogP contribution in [0.15, 0.2) is 0 Å². The summed E-state index contributed by atoms with van der Waals surface area (Å²) in [6, 6.07) is 0.794. The summed E-state index contributed by atoms with van der Waals surface area (Å²) in [5.74, 6) is 4.55. The molecule has 0 unspecified atom stereocenters. The van der Waals surface area contributed by atoms with Crippen LogP contribution in [0.2, 0.25) is 0 Å². The van der Waals surface area contributed by atoms with E-state index in [1.54, 1.807) is 0 Å². The SMILES string of the molecule is CC(C)CN1CCC(NCC2CCSCC2)CC1. The van der Waals surface area contributed by atoms with Crippen molar-refractivity contribution in [3.8, 4) is 0 Å². The maximum absolute atomic E-state index is 3.83. The lowest BCUT2D eigenvalue weighted by Crippen LogP contribution is -2.45. The average Bonchev–Trinajstić information content (AvgIpc) is 2.38. The molecule has 0 radical (unpaired) electrons. The molecule has 0 aliphatic carbocycles. The van der Waals surface area contributed by atoms with Crippen LogP contribution in [0.1, 0.15) is 39.5 Å². The van der Waals surface area contributed by atoms with Gasteiger partial charge in [-0.3, -0.25) is 0 Å². The second-order valence-corrected chi connectivity index (χ2v) is 7.66. The number of hydrogen-bond acceptors (Lipinski definition) is 3. The number of piperidine rings is 1. The van der Waals surface area contributed by atoms with Crippen molar-refractivity contribution in [3.63, 3.8) is 0 Å². The molecular weight excluding hydrogens is 240 g/mol. The van der Waals surface area contributed by atoms with Crippen molar-refractivity contribution < 1.29 is 0 Å². The number of nitrogens with one attached hydrogen (secondary N) is 1. The third-order valence-corrected chi connectivity index (χ3v) is 5.30. The van der Waals surface area contributed by atoms with Crippen molar-refractivity contribution in [1.82, 2.24) is 10.2 Å². The highest BCUT2D eigenvalue weighted by atomic mass is 32.2. The standard InChI is InChI=1S/C15H30N2S/c1-13(2)12-17-7-3-15(4-8-17)16-11-14-5-9-18-10-6-14/h13-16H,3-12H2,1-2H3. The number of nitrogens with zero attached hydrogens (tertiary/aromatic N) is 1. The van der Waals surface area contributed by atoms with Crippen LogP contribution in [-0.4, -0.2) is 48.6 Å². The van der Waals surface area contributed by atoms with Crippen LogP contribution < -0.4 is 5.32 Å². The van der Waals surface area contributed by atoms with Gasteiger partial charge in [0.1, 0.15) is 0 Å². The topological polar surface area (TPSA) is 15.3 Å². The summed E-state index contributed by atoms with van der Waals surface area (Å²) in [6.07, 6.45) is 5.58. The smallest absolute Gasteiger partial charge is 0.00915 e. The van der Waals surface area contributed by atoms with Gasteiger partial charge >= 0.3 is 0 Å². The molecule has 0 aromatic heterocycles. The minimum absolute atomic E-state index is 0.794. The summed E-state index contributed by atoms with van der Waals surface area (Å²) in [5.41, 5.74) is 0. The summed E-state index contributed by atoms with van der Waals surface area (Å²) in [7, 11) is 0. The highest BCUT2D eigenvalue weighted by Crippen LogP contribution is 2.22. The molecule has 2 aliphatic rings. The van der Waals surface area contributed by atoms with E-state index in [2.05, 4.69) is 35.8 Å². The molecule has 0 saturated carbocycles. The highest BCUT2D eigenvalue weighted by Gasteiger charge is 2.21. The lowest BCUT2D eigenvalue weighted by atomic mass is 10.00. The molecule has 0 aromatic carbocycles. The Kier molecular flexibility index (Phi) is 6.33. The average molecular weight is 270 g/mol. The Morgan fingerprint density at radius 3 is 2.39 bits per heavy atom. The summed E-state index contributed by atoms with van der Waals surface area (Å²) in [4.78, 5) is 2.64. The van der Waals surface area contributed by atoms with Crippen molar-refractivity contribution in [2.24, 2.45) is 11.8 Å². The largest absolute Gasteiger partial charge is 0.314 e. The first kappa shape index (κ1) is 14.7. The van der Waals surface area contributed by atoms with E-state index >= 15 is 0 Å². The fourth-order valence-electron chi connectivity index (χ4n) is 3.12. The molecule has 106 valence electrons. The minimum Gasteiger partial charge on any atom is -0.314 e. The Balaban J connectivity index is 1.58. The van der Waals surface area contributed by atoms with Gasteiger partial charge < -0.3 is 10.2 Å². The molecule has 2 nitrogen and oxygen atoms in total. The van der Waals surface area contributed by atoms with Crippen molar-refractivity contribution in [2.45, 2.75) is 45.6 Å². The number of thioether (sulfide) groups is 1. The Bertz CT molecular complexity index is 219. The van der Waals surface area contributed by atoms with E-state index < -0.39 is 0 Å².